The zero-order chi connectivity index (χ0) is 29.7. The quantitative estimate of drug-likeness (QED) is 0.0442. The van der Waals surface area contributed by atoms with Crippen LogP contribution in [0.5, 0.6) is 0 Å². The predicted molar refractivity (Wildman–Crippen MR) is 170 cm³/mol. The molecule has 0 aromatic carbocycles. The van der Waals surface area contributed by atoms with Crippen molar-refractivity contribution >= 4 is 16.0 Å². The van der Waals surface area contributed by atoms with Crippen molar-refractivity contribution in [2.75, 3.05) is 5.75 Å². The van der Waals surface area contributed by atoms with Crippen LogP contribution in [0.1, 0.15) is 174 Å². The monoisotopic (exact) mass is 587 g/mol. The highest BCUT2D eigenvalue weighted by atomic mass is 32.2. The summed E-state index contributed by atoms with van der Waals surface area (Å²) in [4.78, 5) is 12.4. The first-order valence-electron chi connectivity index (χ1n) is 16.9. The van der Waals surface area contributed by atoms with Gasteiger partial charge in [-0.3, -0.25) is 9.35 Å². The lowest BCUT2D eigenvalue weighted by Gasteiger charge is -2.21. The summed E-state index contributed by atoms with van der Waals surface area (Å²) < 4.78 is 32.2. The van der Waals surface area contributed by atoms with Gasteiger partial charge in [-0.1, -0.05) is 161 Å². The molecule has 0 aliphatic carbocycles. The Morgan fingerprint density at radius 1 is 0.650 bits per heavy atom. The molecule has 2 atom stereocenters. The molecule has 0 heterocycles. The highest BCUT2D eigenvalue weighted by molar-refractivity contribution is 7.85. The molecule has 0 fully saturated rings. The Kier molecular flexibility index (Phi) is 27.6. The van der Waals surface area contributed by atoms with Crippen LogP contribution in [-0.4, -0.2) is 41.9 Å². The average molecular weight is 588 g/mol. The van der Waals surface area contributed by atoms with Crippen LogP contribution < -0.4 is 5.32 Å². The number of amides is 1. The number of aliphatic hydroxyl groups is 1. The molecule has 7 heteroatoms. The van der Waals surface area contributed by atoms with Gasteiger partial charge in [0.2, 0.25) is 5.91 Å². The van der Waals surface area contributed by atoms with E-state index in [1.807, 2.05) is 6.08 Å². The molecule has 0 rings (SSSR count). The average Bonchev–Trinajstić information content (AvgIpc) is 2.90. The molecule has 0 aromatic heterocycles. The van der Waals surface area contributed by atoms with E-state index < -0.39 is 28.0 Å². The number of carbonyl (C=O) groups is 1. The number of hydrogen-bond donors (Lipinski definition) is 3. The Hall–Kier alpha value is -0.920. The van der Waals surface area contributed by atoms with Crippen LogP contribution in [0, 0.1) is 0 Å². The van der Waals surface area contributed by atoms with E-state index in [2.05, 4.69) is 19.2 Å². The fourth-order valence-electron chi connectivity index (χ4n) is 5.15. The van der Waals surface area contributed by atoms with Crippen molar-refractivity contribution in [1.82, 2.24) is 5.32 Å². The molecule has 0 spiro atoms. The summed E-state index contributed by atoms with van der Waals surface area (Å²) in [5.74, 6) is -0.972. The van der Waals surface area contributed by atoms with Gasteiger partial charge < -0.3 is 10.4 Å². The summed E-state index contributed by atoms with van der Waals surface area (Å²) in [6.45, 7) is 4.48. The van der Waals surface area contributed by atoms with Gasteiger partial charge in [-0.15, -0.1) is 0 Å². The van der Waals surface area contributed by atoms with Gasteiger partial charge in [0, 0.05) is 6.42 Å². The molecule has 0 saturated heterocycles. The molecule has 40 heavy (non-hydrogen) atoms. The molecule has 0 radical (unpaired) electrons. The van der Waals surface area contributed by atoms with Crippen LogP contribution in [0.3, 0.4) is 0 Å². The third-order valence-electron chi connectivity index (χ3n) is 7.71. The SMILES string of the molecule is CCCCCCCCCCCC/C=C/C(O)C(CS(=O)(=O)O)NC(=O)CCCCCCCCCCCCCCC. The second kappa shape index (κ2) is 28.2. The molecule has 0 aliphatic heterocycles. The fraction of sp³-hybridized carbons (Fsp3) is 0.909. The van der Waals surface area contributed by atoms with Gasteiger partial charge in [0.1, 0.15) is 0 Å². The van der Waals surface area contributed by atoms with Gasteiger partial charge in [-0.25, -0.2) is 0 Å². The van der Waals surface area contributed by atoms with Crippen molar-refractivity contribution in [1.29, 1.82) is 0 Å². The van der Waals surface area contributed by atoms with Crippen LogP contribution in [-0.2, 0) is 14.9 Å². The maximum absolute atomic E-state index is 12.4. The van der Waals surface area contributed by atoms with Crippen LogP contribution in [0.15, 0.2) is 12.2 Å². The highest BCUT2D eigenvalue weighted by Gasteiger charge is 2.24. The molecule has 0 aliphatic rings. The van der Waals surface area contributed by atoms with E-state index in [9.17, 15) is 22.9 Å². The molecule has 0 aromatic rings. The number of hydrogen-bond acceptors (Lipinski definition) is 4. The lowest BCUT2D eigenvalue weighted by molar-refractivity contribution is -0.122. The largest absolute Gasteiger partial charge is 0.387 e. The summed E-state index contributed by atoms with van der Waals surface area (Å²) in [5, 5.41) is 13.1. The van der Waals surface area contributed by atoms with Crippen LogP contribution in [0.2, 0.25) is 0 Å². The lowest BCUT2D eigenvalue weighted by Crippen LogP contribution is -2.46. The molecule has 238 valence electrons. The van der Waals surface area contributed by atoms with E-state index in [4.69, 9.17) is 0 Å². The minimum absolute atomic E-state index is 0.279. The number of nitrogens with one attached hydrogen (secondary N) is 1. The summed E-state index contributed by atoms with van der Waals surface area (Å²) in [7, 11) is -4.33. The highest BCUT2D eigenvalue weighted by Crippen LogP contribution is 2.14. The van der Waals surface area contributed by atoms with Gasteiger partial charge in [-0.05, 0) is 19.3 Å². The number of allylic oxidation sites excluding steroid dienone is 1. The maximum atomic E-state index is 12.4. The molecular weight excluding hydrogens is 522 g/mol. The standard InChI is InChI=1S/C33H65NO5S/c1-3-5-7-9-11-13-15-17-19-21-23-25-27-29-33(36)34-31(30-40(37,38)39)32(35)28-26-24-22-20-18-16-14-12-10-8-6-4-2/h26,28,31-32,35H,3-25,27,29-30H2,1-2H3,(H,34,36)(H,37,38,39)/b28-26+. The van der Waals surface area contributed by atoms with Crippen molar-refractivity contribution in [3.8, 4) is 0 Å². The Bertz CT molecular complexity index is 695. The molecule has 0 saturated carbocycles. The molecule has 0 bridgehead atoms. The lowest BCUT2D eigenvalue weighted by atomic mass is 10.0. The van der Waals surface area contributed by atoms with Gasteiger partial charge in [0.15, 0.2) is 0 Å². The molecule has 2 unspecified atom stereocenters. The van der Waals surface area contributed by atoms with E-state index >= 15 is 0 Å². The molecular formula is C33H65NO5S. The third kappa shape index (κ3) is 28.6. The van der Waals surface area contributed by atoms with E-state index in [0.717, 1.165) is 38.5 Å². The minimum atomic E-state index is -4.33. The number of carbonyl (C=O) groups excluding carboxylic acids is 1. The first kappa shape index (κ1) is 39.1. The van der Waals surface area contributed by atoms with Crippen LogP contribution in [0.4, 0.5) is 0 Å². The smallest absolute Gasteiger partial charge is 0.267 e. The van der Waals surface area contributed by atoms with E-state index in [0.29, 0.717) is 6.42 Å². The van der Waals surface area contributed by atoms with E-state index in [1.165, 1.54) is 116 Å². The van der Waals surface area contributed by atoms with Crippen LogP contribution >= 0.6 is 0 Å². The van der Waals surface area contributed by atoms with Crippen molar-refractivity contribution in [2.24, 2.45) is 0 Å². The van der Waals surface area contributed by atoms with Crippen molar-refractivity contribution in [3.63, 3.8) is 0 Å². The second-order valence-corrected chi connectivity index (χ2v) is 13.3. The van der Waals surface area contributed by atoms with Gasteiger partial charge in [0.25, 0.3) is 10.1 Å². The van der Waals surface area contributed by atoms with Crippen molar-refractivity contribution in [3.05, 3.63) is 12.2 Å². The summed E-state index contributed by atoms with van der Waals surface area (Å²) in [6.07, 6.45) is 31.9. The normalized spacial score (nSPS) is 13.6. The zero-order valence-corrected chi connectivity index (χ0v) is 27.0. The first-order chi connectivity index (χ1) is 19.3. The van der Waals surface area contributed by atoms with E-state index in [1.54, 1.807) is 6.08 Å². The Morgan fingerprint density at radius 2 is 1.02 bits per heavy atom. The van der Waals surface area contributed by atoms with Gasteiger partial charge in [-0.2, -0.15) is 8.42 Å². The summed E-state index contributed by atoms with van der Waals surface area (Å²) in [6, 6.07) is -1.05. The second-order valence-electron chi connectivity index (χ2n) is 11.8. The Labute approximate surface area is 248 Å². The third-order valence-corrected chi connectivity index (χ3v) is 8.49. The number of aliphatic hydroxyl groups excluding tert-OH is 1. The number of rotatable bonds is 30. The Balaban J connectivity index is 4.02. The number of unbranched alkanes of at least 4 members (excludes halogenated alkanes) is 22. The molecule has 1 amide bonds. The van der Waals surface area contributed by atoms with Crippen molar-refractivity contribution in [2.45, 2.75) is 187 Å². The van der Waals surface area contributed by atoms with E-state index in [-0.39, 0.29) is 5.91 Å². The first-order valence-corrected chi connectivity index (χ1v) is 18.5. The summed E-state index contributed by atoms with van der Waals surface area (Å²) >= 11 is 0. The Morgan fingerprint density at radius 3 is 1.43 bits per heavy atom. The van der Waals surface area contributed by atoms with Gasteiger partial charge >= 0.3 is 0 Å². The molecule has 3 N–H and O–H groups in total. The van der Waals surface area contributed by atoms with Crippen LogP contribution in [0.25, 0.3) is 0 Å². The zero-order valence-electron chi connectivity index (χ0n) is 26.2. The maximum Gasteiger partial charge on any atom is 0.267 e. The topological polar surface area (TPSA) is 104 Å². The minimum Gasteiger partial charge on any atom is -0.387 e. The molecule has 6 nitrogen and oxygen atoms in total. The van der Waals surface area contributed by atoms with Crippen molar-refractivity contribution < 1.29 is 22.9 Å². The van der Waals surface area contributed by atoms with Gasteiger partial charge in [0.05, 0.1) is 17.9 Å². The fourth-order valence-corrected chi connectivity index (χ4v) is 5.89. The predicted octanol–water partition coefficient (Wildman–Crippen LogP) is 9.07. The summed E-state index contributed by atoms with van der Waals surface area (Å²) in [5.41, 5.74) is 0.